The van der Waals surface area contributed by atoms with E-state index in [-0.39, 0.29) is 22.8 Å². The van der Waals surface area contributed by atoms with Crippen molar-refractivity contribution < 1.29 is 9.94 Å². The summed E-state index contributed by atoms with van der Waals surface area (Å²) in [5.41, 5.74) is 5.86. The van der Waals surface area contributed by atoms with Crippen LogP contribution in [0.25, 0.3) is 0 Å². The number of rotatable bonds is 4. The van der Waals surface area contributed by atoms with Gasteiger partial charge in [-0.1, -0.05) is 16.8 Å². The van der Waals surface area contributed by atoms with E-state index in [9.17, 15) is 0 Å². The largest absolute Gasteiger partial charge is 0.434 e. The fourth-order valence-corrected chi connectivity index (χ4v) is 1.76. The lowest BCUT2D eigenvalue weighted by atomic mass is 10.2. The first-order valence-electron chi connectivity index (χ1n) is 5.87. The van der Waals surface area contributed by atoms with Crippen molar-refractivity contribution in [2.24, 2.45) is 10.9 Å². The molecule has 0 radical (unpaired) electrons. The lowest BCUT2D eigenvalue weighted by Crippen LogP contribution is -2.14. The highest BCUT2D eigenvalue weighted by Crippen LogP contribution is 2.29. The van der Waals surface area contributed by atoms with Crippen LogP contribution < -0.4 is 10.5 Å². The predicted molar refractivity (Wildman–Crippen MR) is 74.4 cm³/mol. The molecule has 2 aromatic heterocycles. The second-order valence-corrected chi connectivity index (χ2v) is 4.69. The van der Waals surface area contributed by atoms with Gasteiger partial charge in [0.05, 0.1) is 12.4 Å². The summed E-state index contributed by atoms with van der Waals surface area (Å²) in [5, 5.41) is 15.9. The van der Waals surface area contributed by atoms with Crippen LogP contribution in [0.3, 0.4) is 0 Å². The molecule has 0 amide bonds. The fraction of sp³-hybridized carbons (Fsp3) is 0.250. The second-order valence-electron chi connectivity index (χ2n) is 4.31. The van der Waals surface area contributed by atoms with Crippen molar-refractivity contribution in [2.45, 2.75) is 19.9 Å². The van der Waals surface area contributed by atoms with Crippen molar-refractivity contribution in [3.05, 3.63) is 35.2 Å². The van der Waals surface area contributed by atoms with Crippen molar-refractivity contribution in [2.75, 3.05) is 0 Å². The van der Waals surface area contributed by atoms with Crippen LogP contribution in [0.4, 0.5) is 0 Å². The molecule has 0 saturated carbocycles. The molecule has 2 rings (SSSR count). The number of nitrogens with zero attached hydrogens (tertiary/aromatic N) is 4. The van der Waals surface area contributed by atoms with Crippen LogP contribution in [0.5, 0.6) is 11.6 Å². The van der Waals surface area contributed by atoms with Gasteiger partial charge in [-0.15, -0.1) is 0 Å². The van der Waals surface area contributed by atoms with Gasteiger partial charge in [0.15, 0.2) is 11.6 Å². The molecule has 3 N–H and O–H groups in total. The first kappa shape index (κ1) is 14.1. The summed E-state index contributed by atoms with van der Waals surface area (Å²) in [6, 6.07) is 1.75. The Balaban J connectivity index is 2.29. The molecule has 106 valence electrons. The monoisotopic (exact) mass is 295 g/mol. The number of hydrogen-bond acceptors (Lipinski definition) is 5. The molecular formula is C12H14ClN5O2. The average molecular weight is 296 g/mol. The Morgan fingerprint density at radius 1 is 1.55 bits per heavy atom. The van der Waals surface area contributed by atoms with Crippen LogP contribution >= 0.6 is 11.6 Å². The average Bonchev–Trinajstić information content (AvgIpc) is 2.89. The maximum Gasteiger partial charge on any atom is 0.239 e. The van der Waals surface area contributed by atoms with E-state index in [0.717, 1.165) is 0 Å². The summed E-state index contributed by atoms with van der Waals surface area (Å²) in [5.74, 6) is 0.559. The molecule has 0 aromatic carbocycles. The molecule has 20 heavy (non-hydrogen) atoms. The first-order chi connectivity index (χ1) is 9.52. The molecule has 0 aliphatic heterocycles. The Morgan fingerprint density at radius 2 is 2.30 bits per heavy atom. The van der Waals surface area contributed by atoms with Crippen molar-refractivity contribution in [3.8, 4) is 11.6 Å². The second kappa shape index (κ2) is 5.79. The predicted octanol–water partition coefficient (Wildman–Crippen LogP) is 2.40. The SMILES string of the molecule is CC(C)n1cc(Oc2nccc(/C(N)=N/O)c2Cl)cn1. The standard InChI is InChI=1S/C12H14ClN5O2/c1-7(2)18-6-8(5-16-18)20-12-10(13)9(3-4-15-12)11(14)17-19/h3-7,19H,1-2H3,(H2,14,17). The summed E-state index contributed by atoms with van der Waals surface area (Å²) in [6.07, 6.45) is 4.76. The Labute approximate surface area is 120 Å². The molecule has 0 fully saturated rings. The molecule has 0 unspecified atom stereocenters. The number of amidine groups is 1. The third-order valence-electron chi connectivity index (χ3n) is 2.56. The third kappa shape index (κ3) is 2.83. The van der Waals surface area contributed by atoms with E-state index in [1.54, 1.807) is 17.1 Å². The van der Waals surface area contributed by atoms with E-state index in [0.29, 0.717) is 11.3 Å². The number of aromatic nitrogens is 3. The van der Waals surface area contributed by atoms with Gasteiger partial charge in [-0.2, -0.15) is 5.10 Å². The van der Waals surface area contributed by atoms with Crippen LogP contribution in [0.15, 0.2) is 29.8 Å². The molecular weight excluding hydrogens is 282 g/mol. The molecule has 0 saturated heterocycles. The quantitative estimate of drug-likeness (QED) is 0.390. The molecule has 2 aromatic rings. The van der Waals surface area contributed by atoms with E-state index in [1.807, 2.05) is 13.8 Å². The molecule has 8 heteroatoms. The van der Waals surface area contributed by atoms with Gasteiger partial charge in [0.1, 0.15) is 5.02 Å². The van der Waals surface area contributed by atoms with E-state index < -0.39 is 0 Å². The van der Waals surface area contributed by atoms with E-state index in [4.69, 9.17) is 27.3 Å². The van der Waals surface area contributed by atoms with Crippen LogP contribution in [0.1, 0.15) is 25.5 Å². The summed E-state index contributed by atoms with van der Waals surface area (Å²) in [4.78, 5) is 4.02. The van der Waals surface area contributed by atoms with Crippen molar-refractivity contribution in [1.82, 2.24) is 14.8 Å². The number of hydrogen-bond donors (Lipinski definition) is 2. The minimum absolute atomic E-state index is 0.111. The van der Waals surface area contributed by atoms with Crippen molar-refractivity contribution in [1.29, 1.82) is 0 Å². The number of pyridine rings is 1. The van der Waals surface area contributed by atoms with E-state index in [1.165, 1.54) is 12.3 Å². The Morgan fingerprint density at radius 3 is 2.90 bits per heavy atom. The summed E-state index contributed by atoms with van der Waals surface area (Å²) >= 11 is 6.12. The minimum atomic E-state index is -0.111. The van der Waals surface area contributed by atoms with Crippen LogP contribution in [-0.4, -0.2) is 25.8 Å². The first-order valence-corrected chi connectivity index (χ1v) is 6.25. The lowest BCUT2D eigenvalue weighted by Gasteiger charge is -2.07. The van der Waals surface area contributed by atoms with Gasteiger partial charge in [-0.3, -0.25) is 4.68 Å². The van der Waals surface area contributed by atoms with Gasteiger partial charge in [0.25, 0.3) is 0 Å². The van der Waals surface area contributed by atoms with E-state index >= 15 is 0 Å². The summed E-state index contributed by atoms with van der Waals surface area (Å²) in [7, 11) is 0. The van der Waals surface area contributed by atoms with Gasteiger partial charge in [0, 0.05) is 17.8 Å². The highest BCUT2D eigenvalue weighted by Gasteiger charge is 2.14. The fourth-order valence-electron chi connectivity index (χ4n) is 1.51. The van der Waals surface area contributed by atoms with Gasteiger partial charge in [0.2, 0.25) is 5.88 Å². The van der Waals surface area contributed by atoms with Gasteiger partial charge in [-0.05, 0) is 19.9 Å². The smallest absolute Gasteiger partial charge is 0.239 e. The zero-order valence-corrected chi connectivity index (χ0v) is 11.7. The lowest BCUT2D eigenvalue weighted by molar-refractivity contribution is 0.318. The summed E-state index contributed by atoms with van der Waals surface area (Å²) in [6.45, 7) is 4.00. The third-order valence-corrected chi connectivity index (χ3v) is 2.93. The minimum Gasteiger partial charge on any atom is -0.434 e. The molecule has 0 aliphatic carbocycles. The molecule has 0 bridgehead atoms. The Kier molecular flexibility index (Phi) is 4.09. The van der Waals surface area contributed by atoms with Crippen molar-refractivity contribution >= 4 is 17.4 Å². The van der Waals surface area contributed by atoms with Crippen molar-refractivity contribution in [3.63, 3.8) is 0 Å². The molecule has 7 nitrogen and oxygen atoms in total. The Hall–Kier alpha value is -2.28. The maximum atomic E-state index is 8.69. The zero-order valence-electron chi connectivity index (χ0n) is 11.0. The number of oxime groups is 1. The highest BCUT2D eigenvalue weighted by atomic mass is 35.5. The number of halogens is 1. The topological polar surface area (TPSA) is 98.6 Å². The van der Waals surface area contributed by atoms with Gasteiger partial charge in [-0.25, -0.2) is 4.98 Å². The molecule has 0 atom stereocenters. The van der Waals surface area contributed by atoms with Crippen LogP contribution in [-0.2, 0) is 0 Å². The van der Waals surface area contributed by atoms with Gasteiger partial charge < -0.3 is 15.7 Å². The molecule has 2 heterocycles. The molecule has 0 spiro atoms. The van der Waals surface area contributed by atoms with Crippen LogP contribution in [0, 0.1) is 0 Å². The highest BCUT2D eigenvalue weighted by molar-refractivity contribution is 6.35. The normalized spacial score (nSPS) is 11.9. The maximum absolute atomic E-state index is 8.69. The number of ether oxygens (including phenoxy) is 1. The van der Waals surface area contributed by atoms with E-state index in [2.05, 4.69) is 15.2 Å². The van der Waals surface area contributed by atoms with Gasteiger partial charge >= 0.3 is 0 Å². The van der Waals surface area contributed by atoms with Crippen LogP contribution in [0.2, 0.25) is 5.02 Å². The molecule has 0 aliphatic rings. The zero-order chi connectivity index (χ0) is 14.7. The summed E-state index contributed by atoms with van der Waals surface area (Å²) < 4.78 is 7.30. The Bertz CT molecular complexity index is 639. The number of nitrogens with two attached hydrogens (primary N) is 1.